The molecule has 0 aromatic heterocycles. The van der Waals surface area contributed by atoms with Crippen LogP contribution in [0.5, 0.6) is 5.75 Å². The van der Waals surface area contributed by atoms with Gasteiger partial charge in [0.05, 0.1) is 13.2 Å². The van der Waals surface area contributed by atoms with Gasteiger partial charge in [-0.3, -0.25) is 4.79 Å². The number of nitrogens with zero attached hydrogens (tertiary/aromatic N) is 1. The van der Waals surface area contributed by atoms with Crippen molar-refractivity contribution < 1.29 is 19.1 Å². The normalized spacial score (nSPS) is 17.4. The number of rotatable bonds is 6. The Balaban J connectivity index is 1.80. The average Bonchev–Trinajstić information content (AvgIpc) is 2.76. The van der Waals surface area contributed by atoms with Crippen LogP contribution in [0.1, 0.15) is 36.3 Å². The number of ether oxygens (including phenoxy) is 2. The molecule has 0 spiro atoms. The van der Waals surface area contributed by atoms with Gasteiger partial charge >= 0.3 is 12.1 Å². The van der Waals surface area contributed by atoms with Crippen molar-refractivity contribution in [3.63, 3.8) is 0 Å². The van der Waals surface area contributed by atoms with Gasteiger partial charge in [0.1, 0.15) is 11.7 Å². The molecule has 2 N–H and O–H groups in total. The first-order valence-corrected chi connectivity index (χ1v) is 10.0. The monoisotopic (exact) mass is 396 g/mol. The van der Waals surface area contributed by atoms with Crippen LogP contribution in [0.25, 0.3) is 0 Å². The highest BCUT2D eigenvalue weighted by Crippen LogP contribution is 2.32. The molecule has 0 saturated carbocycles. The van der Waals surface area contributed by atoms with Gasteiger partial charge in [0.2, 0.25) is 0 Å². The number of methoxy groups -OCH3 is 1. The van der Waals surface area contributed by atoms with Crippen LogP contribution >= 0.6 is 0 Å². The Morgan fingerprint density at radius 2 is 1.83 bits per heavy atom. The lowest BCUT2D eigenvalue weighted by Gasteiger charge is -2.38. The summed E-state index contributed by atoms with van der Waals surface area (Å²) in [5, 5.41) is 0. The van der Waals surface area contributed by atoms with Gasteiger partial charge in [-0.2, -0.15) is 0 Å². The molecule has 6 heteroatoms. The Morgan fingerprint density at radius 1 is 1.10 bits per heavy atom. The summed E-state index contributed by atoms with van der Waals surface area (Å²) in [6.45, 7) is 1.12. The third-order valence-corrected chi connectivity index (χ3v) is 5.34. The lowest BCUT2D eigenvalue weighted by molar-refractivity contribution is -0.144. The van der Waals surface area contributed by atoms with Crippen molar-refractivity contribution in [2.24, 2.45) is 5.73 Å². The molecule has 1 saturated heterocycles. The molecule has 1 aliphatic rings. The zero-order valence-corrected chi connectivity index (χ0v) is 16.8. The zero-order chi connectivity index (χ0) is 20.6. The lowest BCUT2D eigenvalue weighted by atomic mass is 9.85. The number of amides is 1. The third-order valence-electron chi connectivity index (χ3n) is 5.34. The standard InChI is InChI=1S/C23H28N2O4/c1-28-22(26)21(18-7-3-2-4-8-18)20-9-5-6-16-25(20)23(27)29-19-12-10-17(11-13-19)14-15-24/h2-4,7-8,10-13,20-21H,5-6,9,14-16,24H2,1H3. The van der Waals surface area contributed by atoms with E-state index in [9.17, 15) is 9.59 Å². The Bertz CT molecular complexity index is 807. The van der Waals surface area contributed by atoms with Gasteiger partial charge in [-0.1, -0.05) is 42.5 Å². The number of esters is 1. The lowest BCUT2D eigenvalue weighted by Crippen LogP contribution is -2.49. The van der Waals surface area contributed by atoms with Gasteiger partial charge in [0.15, 0.2) is 0 Å². The van der Waals surface area contributed by atoms with E-state index in [0.29, 0.717) is 18.8 Å². The summed E-state index contributed by atoms with van der Waals surface area (Å²) in [6, 6.07) is 16.5. The van der Waals surface area contributed by atoms with E-state index in [-0.39, 0.29) is 12.0 Å². The van der Waals surface area contributed by atoms with Crippen LogP contribution in [0, 0.1) is 0 Å². The van der Waals surface area contributed by atoms with E-state index in [1.54, 1.807) is 17.0 Å². The van der Waals surface area contributed by atoms with Crippen molar-refractivity contribution in [1.82, 2.24) is 4.90 Å². The fourth-order valence-electron chi connectivity index (χ4n) is 3.88. The molecule has 0 bridgehead atoms. The van der Waals surface area contributed by atoms with Crippen LogP contribution in [-0.4, -0.2) is 43.2 Å². The summed E-state index contributed by atoms with van der Waals surface area (Å²) in [7, 11) is 1.38. The molecule has 0 aliphatic carbocycles. The van der Waals surface area contributed by atoms with Crippen molar-refractivity contribution >= 4 is 12.1 Å². The molecule has 6 nitrogen and oxygen atoms in total. The summed E-state index contributed by atoms with van der Waals surface area (Å²) in [6.07, 6.45) is 2.89. The Morgan fingerprint density at radius 3 is 2.48 bits per heavy atom. The van der Waals surface area contributed by atoms with E-state index in [1.807, 2.05) is 42.5 Å². The minimum atomic E-state index is -0.541. The van der Waals surface area contributed by atoms with Crippen LogP contribution in [-0.2, 0) is 16.0 Å². The van der Waals surface area contributed by atoms with Gasteiger partial charge in [-0.05, 0) is 55.5 Å². The maximum atomic E-state index is 13.0. The van der Waals surface area contributed by atoms with E-state index in [2.05, 4.69) is 0 Å². The molecule has 3 rings (SSSR count). The van der Waals surface area contributed by atoms with E-state index in [1.165, 1.54) is 7.11 Å². The second-order valence-corrected chi connectivity index (χ2v) is 7.22. The molecule has 2 atom stereocenters. The third kappa shape index (κ3) is 5.15. The molecule has 2 unspecified atom stereocenters. The largest absolute Gasteiger partial charge is 0.468 e. The Labute approximate surface area is 171 Å². The summed E-state index contributed by atoms with van der Waals surface area (Å²) < 4.78 is 10.7. The highest BCUT2D eigenvalue weighted by Gasteiger charge is 2.39. The average molecular weight is 396 g/mol. The van der Waals surface area contributed by atoms with Gasteiger partial charge in [-0.15, -0.1) is 0 Å². The predicted octanol–water partition coefficient (Wildman–Crippen LogP) is 3.50. The number of benzene rings is 2. The van der Waals surface area contributed by atoms with Gasteiger partial charge in [0.25, 0.3) is 0 Å². The molecular formula is C23H28N2O4. The molecule has 29 heavy (non-hydrogen) atoms. The molecule has 2 aromatic rings. The molecule has 0 radical (unpaired) electrons. The summed E-state index contributed by atoms with van der Waals surface area (Å²) in [5.41, 5.74) is 7.51. The van der Waals surface area contributed by atoms with Crippen molar-refractivity contribution in [2.75, 3.05) is 20.2 Å². The number of hydrogen-bond acceptors (Lipinski definition) is 5. The van der Waals surface area contributed by atoms with E-state index in [4.69, 9.17) is 15.2 Å². The predicted molar refractivity (Wildman–Crippen MR) is 111 cm³/mol. The van der Waals surface area contributed by atoms with E-state index in [0.717, 1.165) is 36.8 Å². The molecule has 1 aliphatic heterocycles. The zero-order valence-electron chi connectivity index (χ0n) is 16.8. The van der Waals surface area contributed by atoms with Crippen molar-refractivity contribution in [3.05, 3.63) is 65.7 Å². The second-order valence-electron chi connectivity index (χ2n) is 7.22. The van der Waals surface area contributed by atoms with Crippen molar-refractivity contribution in [3.8, 4) is 5.75 Å². The maximum absolute atomic E-state index is 13.0. The fraction of sp³-hybridized carbons (Fsp3) is 0.391. The van der Waals surface area contributed by atoms with E-state index < -0.39 is 12.0 Å². The number of carbonyl (C=O) groups is 2. The number of hydrogen-bond donors (Lipinski definition) is 1. The number of nitrogens with two attached hydrogens (primary N) is 1. The van der Waals surface area contributed by atoms with Crippen LogP contribution in [0.15, 0.2) is 54.6 Å². The summed E-state index contributed by atoms with van der Waals surface area (Å²) in [4.78, 5) is 27.3. The Hall–Kier alpha value is -2.86. The molecule has 1 heterocycles. The minimum absolute atomic E-state index is 0.303. The Kier molecular flexibility index (Phi) is 7.25. The SMILES string of the molecule is COC(=O)C(c1ccccc1)C1CCCCN1C(=O)Oc1ccc(CCN)cc1. The van der Waals surface area contributed by atoms with Crippen LogP contribution in [0.4, 0.5) is 4.79 Å². The minimum Gasteiger partial charge on any atom is -0.468 e. The molecule has 1 fully saturated rings. The first-order chi connectivity index (χ1) is 14.1. The van der Waals surface area contributed by atoms with Crippen LogP contribution in [0.2, 0.25) is 0 Å². The van der Waals surface area contributed by atoms with Gasteiger partial charge in [-0.25, -0.2) is 4.79 Å². The number of likely N-dealkylation sites (tertiary alicyclic amines) is 1. The molecule has 1 amide bonds. The molecule has 2 aromatic carbocycles. The topological polar surface area (TPSA) is 81.9 Å². The van der Waals surface area contributed by atoms with Crippen molar-refractivity contribution in [2.45, 2.75) is 37.6 Å². The number of carbonyl (C=O) groups excluding carboxylic acids is 2. The molecular weight excluding hydrogens is 368 g/mol. The van der Waals surface area contributed by atoms with Crippen LogP contribution < -0.4 is 10.5 Å². The first-order valence-electron chi connectivity index (χ1n) is 10.0. The highest BCUT2D eigenvalue weighted by atomic mass is 16.6. The molecule has 154 valence electrons. The quantitative estimate of drug-likeness (QED) is 0.756. The summed E-state index contributed by atoms with van der Waals surface area (Å²) in [5.74, 6) is -0.401. The highest BCUT2D eigenvalue weighted by molar-refractivity contribution is 5.80. The fourth-order valence-corrected chi connectivity index (χ4v) is 3.88. The van der Waals surface area contributed by atoms with Gasteiger partial charge in [0, 0.05) is 6.54 Å². The van der Waals surface area contributed by atoms with Crippen molar-refractivity contribution in [1.29, 1.82) is 0 Å². The second kappa shape index (κ2) is 10.1. The maximum Gasteiger partial charge on any atom is 0.415 e. The smallest absolute Gasteiger partial charge is 0.415 e. The van der Waals surface area contributed by atoms with Gasteiger partial charge < -0.3 is 20.1 Å². The van der Waals surface area contributed by atoms with E-state index >= 15 is 0 Å². The first kappa shape index (κ1) is 20.9. The van der Waals surface area contributed by atoms with Crippen LogP contribution in [0.3, 0.4) is 0 Å². The number of piperidine rings is 1. The summed E-state index contributed by atoms with van der Waals surface area (Å²) >= 11 is 0.